The van der Waals surface area contributed by atoms with Gasteiger partial charge in [-0.2, -0.15) is 0 Å². The molecule has 0 unspecified atom stereocenters. The van der Waals surface area contributed by atoms with Crippen molar-refractivity contribution in [1.82, 2.24) is 4.90 Å². The molecular formula is C25H29NO7. The van der Waals surface area contributed by atoms with Crippen LogP contribution in [0.3, 0.4) is 0 Å². The van der Waals surface area contributed by atoms with Gasteiger partial charge in [0.2, 0.25) is 0 Å². The van der Waals surface area contributed by atoms with Gasteiger partial charge in [-0.05, 0) is 50.2 Å². The van der Waals surface area contributed by atoms with Crippen molar-refractivity contribution in [2.75, 3.05) is 34.5 Å². The number of ketones is 1. The van der Waals surface area contributed by atoms with Crippen molar-refractivity contribution in [3.63, 3.8) is 0 Å². The molecule has 0 aromatic heterocycles. The predicted molar refractivity (Wildman–Crippen MR) is 123 cm³/mol. The summed E-state index contributed by atoms with van der Waals surface area (Å²) in [5.41, 5.74) is 0.931. The van der Waals surface area contributed by atoms with Gasteiger partial charge >= 0.3 is 0 Å². The maximum absolute atomic E-state index is 13.1. The molecule has 8 heteroatoms. The molecule has 0 aliphatic carbocycles. The lowest BCUT2D eigenvalue weighted by Crippen LogP contribution is -2.32. The van der Waals surface area contributed by atoms with Crippen molar-refractivity contribution < 1.29 is 33.6 Å². The summed E-state index contributed by atoms with van der Waals surface area (Å²) in [5.74, 6) is -0.131. The summed E-state index contributed by atoms with van der Waals surface area (Å²) in [6, 6.07) is 11.0. The Morgan fingerprint density at radius 2 is 1.67 bits per heavy atom. The smallest absolute Gasteiger partial charge is 0.295 e. The van der Waals surface area contributed by atoms with E-state index >= 15 is 0 Å². The first-order valence-electron chi connectivity index (χ1n) is 10.6. The molecule has 1 fully saturated rings. The van der Waals surface area contributed by atoms with Gasteiger partial charge in [-0.3, -0.25) is 9.59 Å². The molecule has 3 rings (SSSR count). The van der Waals surface area contributed by atoms with E-state index in [9.17, 15) is 14.7 Å². The van der Waals surface area contributed by atoms with Crippen molar-refractivity contribution in [3.05, 3.63) is 59.2 Å². The molecule has 2 aromatic rings. The van der Waals surface area contributed by atoms with Gasteiger partial charge < -0.3 is 29.0 Å². The van der Waals surface area contributed by atoms with Crippen molar-refractivity contribution in [3.8, 4) is 17.2 Å². The summed E-state index contributed by atoms with van der Waals surface area (Å²) in [5, 5.41) is 11.2. The number of methoxy groups -OCH3 is 3. The average molecular weight is 456 g/mol. The van der Waals surface area contributed by atoms with Gasteiger partial charge in [0.15, 0.2) is 0 Å². The van der Waals surface area contributed by atoms with Crippen LogP contribution in [-0.4, -0.2) is 62.3 Å². The van der Waals surface area contributed by atoms with Crippen LogP contribution in [-0.2, 0) is 14.3 Å². The molecule has 0 saturated carbocycles. The summed E-state index contributed by atoms with van der Waals surface area (Å²) in [6.07, 6.45) is -0.00177. The van der Waals surface area contributed by atoms with E-state index in [0.717, 1.165) is 0 Å². The zero-order chi connectivity index (χ0) is 24.1. The highest BCUT2D eigenvalue weighted by Crippen LogP contribution is 2.43. The van der Waals surface area contributed by atoms with E-state index in [4.69, 9.17) is 18.9 Å². The van der Waals surface area contributed by atoms with Crippen LogP contribution in [0.2, 0.25) is 0 Å². The summed E-state index contributed by atoms with van der Waals surface area (Å²) >= 11 is 0. The maximum Gasteiger partial charge on any atom is 0.295 e. The second kappa shape index (κ2) is 10.4. The van der Waals surface area contributed by atoms with Crippen LogP contribution in [0.5, 0.6) is 17.2 Å². The number of amides is 1. The molecule has 0 bridgehead atoms. The Bertz CT molecular complexity index is 1040. The number of carbonyl (C=O) groups excluding carboxylic acids is 2. The lowest BCUT2D eigenvalue weighted by Gasteiger charge is -2.26. The number of likely N-dealkylation sites (tertiary alicyclic amines) is 1. The average Bonchev–Trinajstić information content (AvgIpc) is 3.06. The Labute approximate surface area is 193 Å². The highest BCUT2D eigenvalue weighted by atomic mass is 16.5. The fourth-order valence-corrected chi connectivity index (χ4v) is 3.79. The molecule has 2 aromatic carbocycles. The highest BCUT2D eigenvalue weighted by molar-refractivity contribution is 6.46. The fraction of sp³-hybridized carbons (Fsp3) is 0.360. The molecule has 1 atom stereocenters. The molecule has 8 nitrogen and oxygen atoms in total. The summed E-state index contributed by atoms with van der Waals surface area (Å²) in [4.78, 5) is 27.4. The topological polar surface area (TPSA) is 94.5 Å². The van der Waals surface area contributed by atoms with Crippen molar-refractivity contribution >= 4 is 17.4 Å². The van der Waals surface area contributed by atoms with E-state index in [1.807, 2.05) is 13.8 Å². The van der Waals surface area contributed by atoms with Crippen molar-refractivity contribution in [2.45, 2.75) is 26.0 Å². The number of hydrogen-bond acceptors (Lipinski definition) is 7. The number of nitrogens with zero attached hydrogens (tertiary/aromatic N) is 1. The van der Waals surface area contributed by atoms with E-state index < -0.39 is 17.7 Å². The second-order valence-electron chi connectivity index (χ2n) is 7.78. The number of ether oxygens (including phenoxy) is 4. The molecule has 1 amide bonds. The Morgan fingerprint density at radius 1 is 1.00 bits per heavy atom. The Kier molecular flexibility index (Phi) is 7.60. The standard InChI is InChI=1S/C25H29NO7/c1-15(2)33-17-8-6-16(7-9-17)23(27)21-22(26(12-13-30-3)25(29)24(21)28)19-11-10-18(31-4)14-20(19)32-5/h6-11,14-15,22,27H,12-13H2,1-5H3/b23-21+/t22-/m0/s1. The first-order valence-corrected chi connectivity index (χ1v) is 10.6. The lowest BCUT2D eigenvalue weighted by atomic mass is 9.94. The molecule has 1 aliphatic heterocycles. The monoisotopic (exact) mass is 455 g/mol. The van der Waals surface area contributed by atoms with Gasteiger partial charge in [0, 0.05) is 30.8 Å². The number of rotatable bonds is 9. The molecule has 1 heterocycles. The molecule has 0 spiro atoms. The van der Waals surface area contributed by atoms with Crippen LogP contribution in [0.25, 0.3) is 5.76 Å². The highest BCUT2D eigenvalue weighted by Gasteiger charge is 2.47. The number of aliphatic hydroxyl groups excluding tert-OH is 1. The van der Waals surface area contributed by atoms with Crippen molar-refractivity contribution in [1.29, 1.82) is 0 Å². The number of Topliss-reactive ketones (excluding diaryl/α,β-unsaturated/α-hetero) is 1. The number of hydrogen-bond donors (Lipinski definition) is 1. The van der Waals surface area contributed by atoms with Gasteiger partial charge in [-0.15, -0.1) is 0 Å². The summed E-state index contributed by atoms with van der Waals surface area (Å²) < 4.78 is 21.6. The summed E-state index contributed by atoms with van der Waals surface area (Å²) in [6.45, 7) is 4.22. The molecule has 1 N–H and O–H groups in total. The van der Waals surface area contributed by atoms with Gasteiger partial charge in [0.05, 0.1) is 38.5 Å². The Hall–Kier alpha value is -3.52. The first kappa shape index (κ1) is 24.1. The number of aliphatic hydroxyl groups is 1. The van der Waals surface area contributed by atoms with Gasteiger partial charge in [-0.25, -0.2) is 0 Å². The van der Waals surface area contributed by atoms with E-state index in [2.05, 4.69) is 0 Å². The van der Waals surface area contributed by atoms with Crippen LogP contribution in [0.15, 0.2) is 48.0 Å². The van der Waals surface area contributed by atoms with Gasteiger partial charge in [0.1, 0.15) is 23.0 Å². The van der Waals surface area contributed by atoms with Crippen LogP contribution >= 0.6 is 0 Å². The minimum atomic E-state index is -0.854. The van der Waals surface area contributed by atoms with Crippen LogP contribution < -0.4 is 14.2 Å². The van der Waals surface area contributed by atoms with Crippen LogP contribution in [0.1, 0.15) is 31.0 Å². The quantitative estimate of drug-likeness (QED) is 0.351. The minimum absolute atomic E-state index is 0.00177. The predicted octanol–water partition coefficient (Wildman–Crippen LogP) is 3.56. The molecule has 1 aliphatic rings. The maximum atomic E-state index is 13.1. The van der Waals surface area contributed by atoms with Gasteiger partial charge in [0.25, 0.3) is 11.7 Å². The van der Waals surface area contributed by atoms with Gasteiger partial charge in [-0.1, -0.05) is 0 Å². The van der Waals surface area contributed by atoms with E-state index in [-0.39, 0.29) is 30.6 Å². The van der Waals surface area contributed by atoms with E-state index in [1.165, 1.54) is 26.2 Å². The summed E-state index contributed by atoms with van der Waals surface area (Å²) in [7, 11) is 4.54. The van der Waals surface area contributed by atoms with E-state index in [1.54, 1.807) is 42.5 Å². The SMILES string of the molecule is COCCN1C(=O)C(=O)/C(=C(/O)c2ccc(OC(C)C)cc2)[C@@H]1c1ccc(OC)cc1OC. The largest absolute Gasteiger partial charge is 0.507 e. The Balaban J connectivity index is 2.14. The molecule has 33 heavy (non-hydrogen) atoms. The number of benzene rings is 2. The molecular weight excluding hydrogens is 426 g/mol. The van der Waals surface area contributed by atoms with Crippen molar-refractivity contribution in [2.24, 2.45) is 0 Å². The second-order valence-corrected chi connectivity index (χ2v) is 7.78. The zero-order valence-electron chi connectivity index (χ0n) is 19.5. The zero-order valence-corrected chi connectivity index (χ0v) is 19.5. The molecule has 0 radical (unpaired) electrons. The molecule has 1 saturated heterocycles. The lowest BCUT2D eigenvalue weighted by molar-refractivity contribution is -0.140. The minimum Gasteiger partial charge on any atom is -0.507 e. The number of carbonyl (C=O) groups is 2. The third kappa shape index (κ3) is 4.96. The van der Waals surface area contributed by atoms with E-state index in [0.29, 0.717) is 28.4 Å². The fourth-order valence-electron chi connectivity index (χ4n) is 3.79. The normalized spacial score (nSPS) is 17.5. The Morgan fingerprint density at radius 3 is 2.24 bits per heavy atom. The molecule has 176 valence electrons. The van der Waals surface area contributed by atoms with Crippen LogP contribution in [0.4, 0.5) is 0 Å². The first-order chi connectivity index (χ1) is 15.8. The third-order valence-corrected chi connectivity index (χ3v) is 5.31. The van der Waals surface area contributed by atoms with Crippen LogP contribution in [0, 0.1) is 0 Å². The third-order valence-electron chi connectivity index (χ3n) is 5.31.